The van der Waals surface area contributed by atoms with Gasteiger partial charge in [-0.3, -0.25) is 9.69 Å². The van der Waals surface area contributed by atoms with Crippen LogP contribution in [0.25, 0.3) is 0 Å². The van der Waals surface area contributed by atoms with Crippen molar-refractivity contribution in [3.05, 3.63) is 65.7 Å². The highest BCUT2D eigenvalue weighted by Crippen LogP contribution is 2.35. The maximum atomic E-state index is 13.4. The molecule has 1 fully saturated rings. The molecule has 1 saturated heterocycles. The Bertz CT molecular complexity index is 1020. The van der Waals surface area contributed by atoms with E-state index in [9.17, 15) is 14.4 Å². The van der Waals surface area contributed by atoms with Crippen LogP contribution in [0.15, 0.2) is 54.6 Å². The minimum atomic E-state index is -0.720. The van der Waals surface area contributed by atoms with E-state index in [0.29, 0.717) is 24.2 Å². The lowest BCUT2D eigenvalue weighted by atomic mass is 9.91. The van der Waals surface area contributed by atoms with Crippen LogP contribution in [-0.2, 0) is 14.3 Å². The number of benzene rings is 2. The Morgan fingerprint density at radius 1 is 0.853 bits per heavy atom. The highest BCUT2D eigenvalue weighted by atomic mass is 16.6. The van der Waals surface area contributed by atoms with Gasteiger partial charge in [-0.15, -0.1) is 0 Å². The fraction of sp³-hybridized carbons (Fsp3) is 0.444. The Kier molecular flexibility index (Phi) is 7.34. The smallest absolute Gasteiger partial charge is 0.410 e. The van der Waals surface area contributed by atoms with Crippen molar-refractivity contribution in [1.82, 2.24) is 4.90 Å². The molecule has 2 aromatic carbocycles. The largest absolute Gasteiger partial charge is 0.456 e. The average Bonchev–Trinajstić information content (AvgIpc) is 3.18. The fourth-order valence-electron chi connectivity index (χ4n) is 3.93. The first-order valence-electron chi connectivity index (χ1n) is 11.5. The summed E-state index contributed by atoms with van der Waals surface area (Å²) in [5, 5.41) is 2.91. The summed E-state index contributed by atoms with van der Waals surface area (Å²) in [7, 11) is 0. The second-order valence-electron chi connectivity index (χ2n) is 10.5. The molecular formula is C27H34N2O5. The van der Waals surface area contributed by atoms with Gasteiger partial charge in [0.05, 0.1) is 5.56 Å². The van der Waals surface area contributed by atoms with Crippen molar-refractivity contribution < 1.29 is 23.9 Å². The van der Waals surface area contributed by atoms with Crippen LogP contribution in [0, 0.1) is 0 Å². The molecule has 3 rings (SSSR count). The Morgan fingerprint density at radius 2 is 1.44 bits per heavy atom. The summed E-state index contributed by atoms with van der Waals surface area (Å²) in [6.45, 7) is 11.2. The Morgan fingerprint density at radius 3 is 2.00 bits per heavy atom. The second kappa shape index (κ2) is 9.87. The first kappa shape index (κ1) is 25.3. The van der Waals surface area contributed by atoms with Crippen LogP contribution in [-0.4, -0.2) is 46.7 Å². The molecule has 182 valence electrons. The lowest BCUT2D eigenvalue weighted by Crippen LogP contribution is -2.47. The number of carbonyl (C=O) groups excluding carboxylic acids is 3. The summed E-state index contributed by atoms with van der Waals surface area (Å²) in [6.07, 6.45) is 0.144. The molecular weight excluding hydrogens is 432 g/mol. The molecule has 34 heavy (non-hydrogen) atoms. The molecule has 1 heterocycles. The van der Waals surface area contributed by atoms with E-state index in [1.807, 2.05) is 30.3 Å². The molecule has 1 aliphatic rings. The third kappa shape index (κ3) is 6.59. The lowest BCUT2D eigenvalue weighted by molar-refractivity contribution is -0.120. The normalized spacial score (nSPS) is 18.4. The Balaban J connectivity index is 1.80. The fourth-order valence-corrected chi connectivity index (χ4v) is 3.93. The van der Waals surface area contributed by atoms with Gasteiger partial charge in [-0.05, 0) is 77.8 Å². The monoisotopic (exact) mass is 466 g/mol. The summed E-state index contributed by atoms with van der Waals surface area (Å²) in [4.78, 5) is 40.1. The number of hydrogen-bond acceptors (Lipinski definition) is 5. The molecule has 1 aliphatic heterocycles. The van der Waals surface area contributed by atoms with E-state index in [0.717, 1.165) is 5.56 Å². The highest BCUT2D eigenvalue weighted by Gasteiger charge is 2.44. The average molecular weight is 467 g/mol. The van der Waals surface area contributed by atoms with Crippen LogP contribution in [0.2, 0.25) is 0 Å². The first-order valence-corrected chi connectivity index (χ1v) is 11.5. The first-order chi connectivity index (χ1) is 15.8. The molecule has 1 N–H and O–H groups in total. The number of nitrogens with zero attached hydrogens (tertiary/aromatic N) is 1. The molecule has 2 atom stereocenters. The van der Waals surface area contributed by atoms with Crippen LogP contribution in [0.5, 0.6) is 0 Å². The van der Waals surface area contributed by atoms with Gasteiger partial charge in [-0.2, -0.15) is 0 Å². The third-order valence-electron chi connectivity index (χ3n) is 5.31. The summed E-state index contributed by atoms with van der Waals surface area (Å²) >= 11 is 0. The molecule has 7 heteroatoms. The SMILES string of the molecule is CC(C)(C)OC(=O)c1ccc(NC(=O)[C@H]2[C@@H](c3ccccc3)CCN2C(=O)OC(C)(C)C)cc1. The van der Waals surface area contributed by atoms with Crippen molar-refractivity contribution in [3.8, 4) is 0 Å². The van der Waals surface area contributed by atoms with E-state index in [2.05, 4.69) is 5.32 Å². The molecule has 7 nitrogen and oxygen atoms in total. The van der Waals surface area contributed by atoms with Crippen LogP contribution < -0.4 is 5.32 Å². The summed E-state index contributed by atoms with van der Waals surface area (Å²) < 4.78 is 11.0. The van der Waals surface area contributed by atoms with Crippen LogP contribution in [0.1, 0.15) is 69.8 Å². The van der Waals surface area contributed by atoms with Gasteiger partial charge in [0.15, 0.2) is 0 Å². The number of amides is 2. The molecule has 2 aromatic rings. The molecule has 0 radical (unpaired) electrons. The maximum absolute atomic E-state index is 13.4. The van der Waals surface area contributed by atoms with E-state index in [-0.39, 0.29) is 11.8 Å². The highest BCUT2D eigenvalue weighted by molar-refractivity contribution is 5.98. The van der Waals surface area contributed by atoms with Crippen molar-refractivity contribution in [2.24, 2.45) is 0 Å². The minimum absolute atomic E-state index is 0.158. The van der Waals surface area contributed by atoms with Gasteiger partial charge in [0.1, 0.15) is 17.2 Å². The molecule has 0 spiro atoms. The van der Waals surface area contributed by atoms with Crippen molar-refractivity contribution in [1.29, 1.82) is 0 Å². The van der Waals surface area contributed by atoms with E-state index < -0.39 is 29.3 Å². The van der Waals surface area contributed by atoms with E-state index in [4.69, 9.17) is 9.47 Å². The number of nitrogens with one attached hydrogen (secondary N) is 1. The van der Waals surface area contributed by atoms with Crippen molar-refractivity contribution >= 4 is 23.7 Å². The van der Waals surface area contributed by atoms with Crippen LogP contribution >= 0.6 is 0 Å². The number of rotatable bonds is 4. The summed E-state index contributed by atoms with van der Waals surface area (Å²) in [5.41, 5.74) is 0.658. The van der Waals surface area contributed by atoms with Gasteiger partial charge in [-0.25, -0.2) is 9.59 Å². The molecule has 2 amide bonds. The molecule has 0 bridgehead atoms. The number of anilines is 1. The predicted octanol–water partition coefficient (Wildman–Crippen LogP) is 5.37. The van der Waals surface area contributed by atoms with E-state index in [1.54, 1.807) is 65.8 Å². The predicted molar refractivity (Wildman–Crippen MR) is 131 cm³/mol. The number of hydrogen-bond donors (Lipinski definition) is 1. The lowest BCUT2D eigenvalue weighted by Gasteiger charge is -2.30. The van der Waals surface area contributed by atoms with Crippen molar-refractivity contribution in [2.45, 2.75) is 71.1 Å². The van der Waals surface area contributed by atoms with E-state index in [1.165, 1.54) is 4.90 Å². The van der Waals surface area contributed by atoms with Gasteiger partial charge < -0.3 is 14.8 Å². The Hall–Kier alpha value is -3.35. The minimum Gasteiger partial charge on any atom is -0.456 e. The van der Waals surface area contributed by atoms with Gasteiger partial charge in [-0.1, -0.05) is 30.3 Å². The van der Waals surface area contributed by atoms with Crippen molar-refractivity contribution in [3.63, 3.8) is 0 Å². The van der Waals surface area contributed by atoms with Crippen molar-refractivity contribution in [2.75, 3.05) is 11.9 Å². The zero-order valence-corrected chi connectivity index (χ0v) is 20.8. The molecule has 0 aromatic heterocycles. The standard InChI is InChI=1S/C27H34N2O5/c1-26(2,3)33-24(31)19-12-14-20(15-13-19)28-23(30)22-21(18-10-8-7-9-11-18)16-17-29(22)25(32)34-27(4,5)6/h7-15,21-22H,16-17H2,1-6H3,(H,28,30)/t21-,22-/m1/s1. The van der Waals surface area contributed by atoms with Gasteiger partial charge in [0.2, 0.25) is 5.91 Å². The molecule has 0 aliphatic carbocycles. The number of ether oxygens (including phenoxy) is 2. The number of carbonyl (C=O) groups is 3. The summed E-state index contributed by atoms with van der Waals surface area (Å²) in [5.74, 6) is -0.890. The number of likely N-dealkylation sites (tertiary alicyclic amines) is 1. The molecule has 0 unspecified atom stereocenters. The van der Waals surface area contributed by atoms with Gasteiger partial charge in [0, 0.05) is 18.2 Å². The molecule has 0 saturated carbocycles. The quantitative estimate of drug-likeness (QED) is 0.612. The zero-order valence-electron chi connectivity index (χ0n) is 20.8. The topological polar surface area (TPSA) is 84.9 Å². The van der Waals surface area contributed by atoms with Gasteiger partial charge in [0.25, 0.3) is 0 Å². The maximum Gasteiger partial charge on any atom is 0.410 e. The zero-order chi connectivity index (χ0) is 25.1. The number of esters is 1. The van der Waals surface area contributed by atoms with Gasteiger partial charge >= 0.3 is 12.1 Å². The Labute approximate surface area is 201 Å². The van der Waals surface area contributed by atoms with E-state index >= 15 is 0 Å². The van der Waals surface area contributed by atoms with Crippen LogP contribution in [0.4, 0.5) is 10.5 Å². The summed E-state index contributed by atoms with van der Waals surface area (Å²) in [6, 6.07) is 15.5. The second-order valence-corrected chi connectivity index (χ2v) is 10.5. The van der Waals surface area contributed by atoms with Crippen LogP contribution in [0.3, 0.4) is 0 Å². The third-order valence-corrected chi connectivity index (χ3v) is 5.31.